The lowest BCUT2D eigenvalue weighted by Crippen LogP contribution is -2.48. The number of hydrogen-bond donors (Lipinski definition) is 2. The van der Waals surface area contributed by atoms with E-state index in [0.29, 0.717) is 86.6 Å². The van der Waals surface area contributed by atoms with Crippen LogP contribution in [-0.4, -0.2) is 160 Å². The highest BCUT2D eigenvalue weighted by atomic mass is 16.6. The van der Waals surface area contributed by atoms with Gasteiger partial charge in [-0.1, -0.05) is 206 Å². The molecule has 0 aliphatic heterocycles. The molecule has 90 heavy (non-hydrogen) atoms. The minimum absolute atomic E-state index is 0.106. The van der Waals surface area contributed by atoms with Crippen LogP contribution in [0.3, 0.4) is 0 Å². The zero-order valence-electron chi connectivity index (χ0n) is 59.1. The molecule has 0 rings (SSSR count). The number of aliphatic hydroxyl groups is 2. The maximum Gasteiger partial charge on any atom is 0.362 e. The number of ether oxygens (including phenoxy) is 6. The Morgan fingerprint density at radius 2 is 0.589 bits per heavy atom. The molecule has 526 valence electrons. The summed E-state index contributed by atoms with van der Waals surface area (Å²) >= 11 is 0. The number of likely N-dealkylation sites (N-methyl/N-ethyl adjacent to an activating group) is 2. The molecule has 16 heteroatoms. The molecule has 16 nitrogen and oxygen atoms in total. The zero-order valence-corrected chi connectivity index (χ0v) is 59.1. The topological polar surface area (TPSA) is 198 Å². The van der Waals surface area contributed by atoms with Crippen LogP contribution >= 0.6 is 0 Å². The molecule has 4 atom stereocenters. The van der Waals surface area contributed by atoms with Crippen LogP contribution in [0, 0.1) is 0 Å². The molecular weight excluding hydrogens is 1140 g/mol. The number of unbranched alkanes of at least 4 members (excludes halogenated alkanes) is 29. The van der Waals surface area contributed by atoms with E-state index in [0.717, 1.165) is 205 Å². The quantitative estimate of drug-likeness (QED) is 0.0192. The third-order valence-electron chi connectivity index (χ3n) is 16.8. The molecule has 0 heterocycles. The van der Waals surface area contributed by atoms with E-state index in [1.807, 2.05) is 40.3 Å². The molecule has 4 unspecified atom stereocenters. The Bertz CT molecular complexity index is 1690. The van der Waals surface area contributed by atoms with Crippen molar-refractivity contribution in [2.75, 3.05) is 80.8 Å². The number of rotatable bonds is 65. The lowest BCUT2D eigenvalue weighted by molar-refractivity contribution is -0.883. The van der Waals surface area contributed by atoms with E-state index in [2.05, 4.69) is 39.8 Å². The summed E-state index contributed by atoms with van der Waals surface area (Å²) in [6.45, 7) is 11.4. The predicted molar refractivity (Wildman–Crippen MR) is 363 cm³/mol. The molecule has 2 N–H and O–H groups in total. The molecular formula is C74H138N2O14+2. The fraction of sp³-hybridized carbons (Fsp3) is 0.865. The highest BCUT2D eigenvalue weighted by Gasteiger charge is 2.29. The van der Waals surface area contributed by atoms with Crippen LogP contribution in [0.5, 0.6) is 0 Å². The average Bonchev–Trinajstić information content (AvgIpc) is 2.44. The van der Waals surface area contributed by atoms with Gasteiger partial charge in [-0.05, 0) is 103 Å². The first-order chi connectivity index (χ1) is 43.4. The van der Waals surface area contributed by atoms with Crippen molar-refractivity contribution < 1.29 is 76.4 Å². The van der Waals surface area contributed by atoms with E-state index in [1.165, 1.54) is 25.7 Å². The van der Waals surface area contributed by atoms with Gasteiger partial charge in [-0.3, -0.25) is 19.2 Å². The van der Waals surface area contributed by atoms with Crippen molar-refractivity contribution in [2.24, 2.45) is 0 Å². The summed E-state index contributed by atoms with van der Waals surface area (Å²) < 4.78 is 34.2. The molecule has 0 aliphatic carbocycles. The number of carbonyl (C=O) groups is 6. The van der Waals surface area contributed by atoms with Crippen molar-refractivity contribution in [3.8, 4) is 0 Å². The second-order valence-corrected chi connectivity index (χ2v) is 26.9. The number of quaternary nitrogens is 2. The Morgan fingerprint density at radius 3 is 0.911 bits per heavy atom. The summed E-state index contributed by atoms with van der Waals surface area (Å²) in [4.78, 5) is 74.9. The highest BCUT2D eigenvalue weighted by molar-refractivity contribution is 5.72. The van der Waals surface area contributed by atoms with Gasteiger partial charge < -0.3 is 47.6 Å². The second kappa shape index (κ2) is 60.1. The molecule has 0 spiro atoms. The van der Waals surface area contributed by atoms with Gasteiger partial charge in [0, 0.05) is 25.7 Å². The van der Waals surface area contributed by atoms with Gasteiger partial charge in [0.15, 0.2) is 13.1 Å². The second-order valence-electron chi connectivity index (χ2n) is 26.9. The van der Waals surface area contributed by atoms with Gasteiger partial charge in [0.25, 0.3) is 0 Å². The zero-order chi connectivity index (χ0) is 66.6. The predicted octanol–water partition coefficient (Wildman–Crippen LogP) is 16.2. The fourth-order valence-corrected chi connectivity index (χ4v) is 10.7. The molecule has 0 radical (unpaired) electrons. The average molecular weight is 1280 g/mol. The maximum atomic E-state index is 13.0. The number of carbonyl (C=O) groups excluding carboxylic acids is 6. The van der Waals surface area contributed by atoms with Crippen LogP contribution in [0.1, 0.15) is 310 Å². The van der Waals surface area contributed by atoms with Crippen molar-refractivity contribution in [3.05, 3.63) is 24.3 Å². The highest BCUT2D eigenvalue weighted by Crippen LogP contribution is 2.19. The monoisotopic (exact) mass is 1280 g/mol. The minimum Gasteiger partial charge on any atom is -0.466 e. The van der Waals surface area contributed by atoms with Gasteiger partial charge in [0.1, 0.15) is 38.5 Å². The first-order valence-corrected chi connectivity index (χ1v) is 36.7. The van der Waals surface area contributed by atoms with Gasteiger partial charge >= 0.3 is 35.8 Å². The molecule has 0 fully saturated rings. The number of esters is 6. The molecule has 0 aliphatic rings. The van der Waals surface area contributed by atoms with Gasteiger partial charge in [0.2, 0.25) is 0 Å². The van der Waals surface area contributed by atoms with Gasteiger partial charge in [-0.15, -0.1) is 0 Å². The van der Waals surface area contributed by atoms with Crippen LogP contribution in [0.2, 0.25) is 0 Å². The summed E-state index contributed by atoms with van der Waals surface area (Å²) in [5.41, 5.74) is 0. The van der Waals surface area contributed by atoms with Gasteiger partial charge in [-0.2, -0.15) is 0 Å². The number of allylic oxidation sites excluding steroid dienone is 2. The van der Waals surface area contributed by atoms with Crippen LogP contribution < -0.4 is 0 Å². The number of aliphatic hydroxyl groups excluding tert-OH is 2. The van der Waals surface area contributed by atoms with E-state index < -0.39 is 24.4 Å². The van der Waals surface area contributed by atoms with E-state index >= 15 is 0 Å². The Hall–Kier alpha value is -3.86. The lowest BCUT2D eigenvalue weighted by atomic mass is 10.0. The van der Waals surface area contributed by atoms with E-state index in [1.54, 1.807) is 0 Å². The van der Waals surface area contributed by atoms with Crippen LogP contribution in [0.15, 0.2) is 24.3 Å². The van der Waals surface area contributed by atoms with Crippen LogP contribution in [0.25, 0.3) is 0 Å². The Balaban J connectivity index is 4.00. The minimum atomic E-state index is -0.769. The Morgan fingerprint density at radius 1 is 0.322 bits per heavy atom. The third-order valence-corrected chi connectivity index (χ3v) is 16.8. The summed E-state index contributed by atoms with van der Waals surface area (Å²) in [5.74, 6) is -1.28. The standard InChI is InChI=1S/C74H138N2O14/c1-9-13-17-31-43-55-71(81)87-61-57-75(5,6)63-73(83)89-67(51-39-15-11-3)65(77)49-41-33-25-19-21-27-35-45-53-69(79)85-59-47-37-29-23-24-30-38-48-60-86-70(80)54-46-36-28-22-20-26-34-42-50-66(78)68(52-40-16-12-4)90-74(84)64-76(7,8)58-62-88-72(82)56-44-32-18-14-10-2/h33-34,41-42,65-68,77-78H,9-32,35-40,43-64H2,1-8H3/q+2/b41-33-,42-34-. The summed E-state index contributed by atoms with van der Waals surface area (Å²) in [6, 6.07) is 0. The SMILES string of the molecule is CCCCCCCC(=O)OCC[N+](C)(C)CC(=O)OC(CCCCC)C(O)C/C=C\CCCCCCCC(=O)OCCCCCCCCCCOC(=O)CCCCCCC/C=C\CC(O)C(CCCCC)OC(=O)C[N+](C)(C)CCOC(=O)CCCCCCC. The van der Waals surface area contributed by atoms with E-state index in [-0.39, 0.29) is 62.1 Å². The van der Waals surface area contributed by atoms with Gasteiger partial charge in [0.05, 0.1) is 53.6 Å². The summed E-state index contributed by atoms with van der Waals surface area (Å²) in [7, 11) is 7.69. The van der Waals surface area contributed by atoms with Crippen molar-refractivity contribution in [1.82, 2.24) is 0 Å². The molecule has 0 aromatic carbocycles. The summed E-state index contributed by atoms with van der Waals surface area (Å²) in [5, 5.41) is 22.1. The number of nitrogens with zero attached hydrogens (tertiary/aromatic N) is 2. The first-order valence-electron chi connectivity index (χ1n) is 36.7. The van der Waals surface area contributed by atoms with Crippen molar-refractivity contribution in [2.45, 2.75) is 335 Å². The normalized spacial score (nSPS) is 13.3. The molecule has 0 aromatic rings. The maximum absolute atomic E-state index is 13.0. The molecule has 0 aromatic heterocycles. The molecule has 0 saturated heterocycles. The lowest BCUT2D eigenvalue weighted by Gasteiger charge is -2.30. The van der Waals surface area contributed by atoms with Crippen molar-refractivity contribution >= 4 is 35.8 Å². The largest absolute Gasteiger partial charge is 0.466 e. The van der Waals surface area contributed by atoms with E-state index in [9.17, 15) is 39.0 Å². The van der Waals surface area contributed by atoms with E-state index in [4.69, 9.17) is 28.4 Å². The van der Waals surface area contributed by atoms with Crippen molar-refractivity contribution in [1.29, 1.82) is 0 Å². The van der Waals surface area contributed by atoms with Gasteiger partial charge in [-0.25, -0.2) is 9.59 Å². The van der Waals surface area contributed by atoms with Crippen molar-refractivity contribution in [3.63, 3.8) is 0 Å². The molecule has 0 amide bonds. The fourth-order valence-electron chi connectivity index (χ4n) is 10.7. The van der Waals surface area contributed by atoms with Crippen LogP contribution in [-0.2, 0) is 57.2 Å². The Labute approximate surface area is 549 Å². The number of hydrogen-bond acceptors (Lipinski definition) is 14. The third kappa shape index (κ3) is 56.9. The van der Waals surface area contributed by atoms with Crippen LogP contribution in [0.4, 0.5) is 0 Å². The molecule has 0 bridgehead atoms. The Kier molecular flexibility index (Phi) is 57.5. The summed E-state index contributed by atoms with van der Waals surface area (Å²) in [6.07, 6.45) is 46.4. The smallest absolute Gasteiger partial charge is 0.362 e. The molecule has 0 saturated carbocycles. The first kappa shape index (κ1) is 86.1.